The first-order valence-electron chi connectivity index (χ1n) is 5.56. The molecule has 0 bridgehead atoms. The molecule has 0 aliphatic carbocycles. The molecule has 0 saturated heterocycles. The van der Waals surface area contributed by atoms with E-state index in [0.717, 1.165) is 2.92 Å². The Kier molecular flexibility index (Phi) is 7.92. The van der Waals surface area contributed by atoms with Crippen molar-refractivity contribution in [1.29, 1.82) is 0 Å². The minimum atomic E-state index is -0.488. The molecule has 0 rings (SSSR count). The van der Waals surface area contributed by atoms with Crippen molar-refractivity contribution in [1.82, 2.24) is 0 Å². The summed E-state index contributed by atoms with van der Waals surface area (Å²) in [5.41, 5.74) is 0. The Bertz CT molecular complexity index is 91.7. The van der Waals surface area contributed by atoms with Crippen molar-refractivity contribution < 1.29 is 24.6 Å². The summed E-state index contributed by atoms with van der Waals surface area (Å²) in [6.45, 7) is 9.58. The Hall–Kier alpha value is 0.935. The number of hydrogen-bond acceptors (Lipinski definition) is 0. The van der Waals surface area contributed by atoms with Gasteiger partial charge in [0.15, 0.2) is 0 Å². The van der Waals surface area contributed by atoms with Gasteiger partial charge >= 0.3 is 91.2 Å². The number of rotatable bonds is 6. The second-order valence-electron chi connectivity index (χ2n) is 5.08. The summed E-state index contributed by atoms with van der Waals surface area (Å²) in [5, 5.41) is 0. The summed E-state index contributed by atoms with van der Waals surface area (Å²) in [5.74, 6) is 0. The molecule has 0 N–H and O–H groups in total. The van der Waals surface area contributed by atoms with Gasteiger partial charge in [-0.15, -0.1) is 0 Å². The van der Waals surface area contributed by atoms with Crippen molar-refractivity contribution >= 4 is 0 Å². The quantitative estimate of drug-likeness (QED) is 0.479. The normalized spacial score (nSPS) is 11.3. The topological polar surface area (TPSA) is 0 Å². The summed E-state index contributed by atoms with van der Waals surface area (Å²) in [7, 11) is 0. The van der Waals surface area contributed by atoms with E-state index >= 15 is 0 Å². The Balaban J connectivity index is 3.01. The molecule has 0 spiro atoms. The molecule has 0 radical (unpaired) electrons. The van der Waals surface area contributed by atoms with Crippen molar-refractivity contribution in [2.45, 2.75) is 66.7 Å². The standard InChI is InChI=1S/C7H15.C4H9.Hg/c1-3-5-7-6-4-2;1-4(2)3;/h1,3-7H2,2H3;1-3H3;. The average Bonchev–Trinajstić information content (AvgIpc) is 1.94. The molecule has 12 heavy (non-hydrogen) atoms. The summed E-state index contributed by atoms with van der Waals surface area (Å²) in [6.07, 6.45) is 7.35. The zero-order chi connectivity index (χ0) is 9.45. The Morgan fingerprint density at radius 3 is 2.00 bits per heavy atom. The first-order chi connectivity index (χ1) is 5.56. The van der Waals surface area contributed by atoms with Gasteiger partial charge in [0.1, 0.15) is 0 Å². The van der Waals surface area contributed by atoms with Crippen LogP contribution in [0.15, 0.2) is 0 Å². The van der Waals surface area contributed by atoms with Gasteiger partial charge in [0.2, 0.25) is 0 Å². The fourth-order valence-corrected chi connectivity index (χ4v) is 7.91. The van der Waals surface area contributed by atoms with Crippen molar-refractivity contribution in [3.05, 3.63) is 0 Å². The predicted molar refractivity (Wildman–Crippen MR) is 53.3 cm³/mol. The second kappa shape index (κ2) is 7.35. The SMILES string of the molecule is CCCCCC[CH2][Hg][C](C)(C)C. The molecular weight excluding hydrogens is 333 g/mol. The molecule has 0 aliphatic heterocycles. The molecule has 0 aliphatic rings. The zero-order valence-electron chi connectivity index (χ0n) is 9.45. The third kappa shape index (κ3) is 10.9. The summed E-state index contributed by atoms with van der Waals surface area (Å²) in [6, 6.07) is 0. The van der Waals surface area contributed by atoms with Gasteiger partial charge < -0.3 is 0 Å². The zero-order valence-corrected chi connectivity index (χ0v) is 14.9. The van der Waals surface area contributed by atoms with E-state index < -0.39 is 24.6 Å². The van der Waals surface area contributed by atoms with Crippen molar-refractivity contribution in [3.8, 4) is 0 Å². The Morgan fingerprint density at radius 1 is 0.917 bits per heavy atom. The van der Waals surface area contributed by atoms with Crippen LogP contribution in [0.25, 0.3) is 0 Å². The number of hydrogen-bond donors (Lipinski definition) is 0. The molecule has 0 heterocycles. The van der Waals surface area contributed by atoms with Crippen LogP contribution in [-0.4, -0.2) is 0 Å². The molecule has 0 aromatic carbocycles. The molecule has 0 aromatic heterocycles. The van der Waals surface area contributed by atoms with Gasteiger partial charge in [0, 0.05) is 0 Å². The third-order valence-electron chi connectivity index (χ3n) is 2.28. The van der Waals surface area contributed by atoms with Crippen LogP contribution in [0, 0.1) is 0 Å². The summed E-state index contributed by atoms with van der Waals surface area (Å²) < 4.78 is 2.41. The monoisotopic (exact) mass is 358 g/mol. The molecule has 70 valence electrons. The van der Waals surface area contributed by atoms with E-state index in [1.54, 1.807) is 10.4 Å². The Morgan fingerprint density at radius 2 is 1.50 bits per heavy atom. The van der Waals surface area contributed by atoms with Gasteiger partial charge in [-0.1, -0.05) is 0 Å². The molecule has 0 aromatic rings. The van der Waals surface area contributed by atoms with Crippen LogP contribution < -0.4 is 0 Å². The van der Waals surface area contributed by atoms with E-state index in [1.165, 1.54) is 25.7 Å². The molecule has 0 atom stereocenters. The van der Waals surface area contributed by atoms with Gasteiger partial charge in [-0.2, -0.15) is 0 Å². The second-order valence-corrected chi connectivity index (χ2v) is 18.0. The number of unbranched alkanes of at least 4 members (excludes halogenated alkanes) is 4. The Labute approximate surface area is 90.9 Å². The van der Waals surface area contributed by atoms with Crippen LogP contribution in [0.1, 0.15) is 59.8 Å². The van der Waals surface area contributed by atoms with Gasteiger partial charge in [-0.25, -0.2) is 0 Å². The van der Waals surface area contributed by atoms with Crippen LogP contribution in [-0.2, 0) is 24.6 Å². The van der Waals surface area contributed by atoms with Crippen LogP contribution in [0.3, 0.4) is 0 Å². The van der Waals surface area contributed by atoms with Crippen LogP contribution in [0.4, 0.5) is 0 Å². The van der Waals surface area contributed by atoms with Crippen LogP contribution in [0.5, 0.6) is 0 Å². The molecule has 0 saturated carbocycles. The maximum absolute atomic E-state index is 2.43. The fourth-order valence-electron chi connectivity index (χ4n) is 1.44. The van der Waals surface area contributed by atoms with E-state index in [-0.39, 0.29) is 0 Å². The van der Waals surface area contributed by atoms with Crippen molar-refractivity contribution in [3.63, 3.8) is 0 Å². The van der Waals surface area contributed by atoms with Gasteiger partial charge in [-0.3, -0.25) is 0 Å². The predicted octanol–water partition coefficient (Wildman–Crippen LogP) is 4.68. The fraction of sp³-hybridized carbons (Fsp3) is 1.00. The first-order valence-corrected chi connectivity index (χ1v) is 12.2. The van der Waals surface area contributed by atoms with Crippen LogP contribution in [0.2, 0.25) is 6.85 Å². The summed E-state index contributed by atoms with van der Waals surface area (Å²) in [4.78, 5) is 0. The van der Waals surface area contributed by atoms with E-state index in [9.17, 15) is 0 Å². The molecule has 0 amide bonds. The molecule has 0 nitrogen and oxygen atoms in total. The van der Waals surface area contributed by atoms with Gasteiger partial charge in [0.25, 0.3) is 0 Å². The first kappa shape index (κ1) is 12.9. The van der Waals surface area contributed by atoms with Gasteiger partial charge in [-0.05, 0) is 0 Å². The summed E-state index contributed by atoms with van der Waals surface area (Å²) >= 11 is -0.488. The van der Waals surface area contributed by atoms with E-state index in [4.69, 9.17) is 0 Å². The molecule has 1 heteroatoms. The van der Waals surface area contributed by atoms with Crippen LogP contribution >= 0.6 is 0 Å². The molecule has 0 fully saturated rings. The third-order valence-corrected chi connectivity index (χ3v) is 11.4. The van der Waals surface area contributed by atoms with Gasteiger partial charge in [0.05, 0.1) is 0 Å². The van der Waals surface area contributed by atoms with E-state index in [0.29, 0.717) is 0 Å². The average molecular weight is 357 g/mol. The van der Waals surface area contributed by atoms with Crippen molar-refractivity contribution in [2.75, 3.05) is 0 Å². The van der Waals surface area contributed by atoms with E-state index in [2.05, 4.69) is 27.7 Å². The molecule has 0 unspecified atom stereocenters. The van der Waals surface area contributed by atoms with E-state index in [1.807, 2.05) is 0 Å². The maximum atomic E-state index is 2.43. The molecular formula is C11H24Hg. The van der Waals surface area contributed by atoms with Crippen molar-refractivity contribution in [2.24, 2.45) is 0 Å². The minimum absolute atomic E-state index is 0.488.